The maximum absolute atomic E-state index is 13.5. The molecule has 2 bridgehead atoms. The van der Waals surface area contributed by atoms with Gasteiger partial charge in [0.1, 0.15) is 5.76 Å². The van der Waals surface area contributed by atoms with Gasteiger partial charge in [0.2, 0.25) is 0 Å². The van der Waals surface area contributed by atoms with Gasteiger partial charge in [0.25, 0.3) is 16.1 Å². The average molecular weight is 464 g/mol. The summed E-state index contributed by atoms with van der Waals surface area (Å²) in [4.78, 5) is 15.0. The minimum atomic E-state index is -3.44. The van der Waals surface area contributed by atoms with Crippen molar-refractivity contribution in [2.45, 2.75) is 75.4 Å². The molecule has 10 heteroatoms. The number of aromatic nitrogens is 1. The minimum absolute atomic E-state index is 0.0239. The molecule has 9 nitrogen and oxygen atoms in total. The molecule has 1 N–H and O–H groups in total. The number of rotatable bonds is 5. The fourth-order valence-electron chi connectivity index (χ4n) is 6.25. The molecule has 6 rings (SSSR count). The summed E-state index contributed by atoms with van der Waals surface area (Å²) in [6.45, 7) is 3.43. The molecular weight excluding hydrogens is 430 g/mol. The van der Waals surface area contributed by atoms with Gasteiger partial charge in [0.05, 0.1) is 0 Å². The minimum Gasteiger partial charge on any atom is -0.360 e. The quantitative estimate of drug-likeness (QED) is 0.711. The summed E-state index contributed by atoms with van der Waals surface area (Å²) in [5.74, 6) is 1.00. The molecule has 5 fully saturated rings. The van der Waals surface area contributed by atoms with Crippen LogP contribution in [0.3, 0.4) is 0 Å². The maximum atomic E-state index is 13.5. The first kappa shape index (κ1) is 21.1. The van der Waals surface area contributed by atoms with Crippen LogP contribution in [-0.2, 0) is 10.2 Å². The third-order valence-corrected chi connectivity index (χ3v) is 10.4. The zero-order valence-corrected chi connectivity index (χ0v) is 19.5. The van der Waals surface area contributed by atoms with E-state index in [4.69, 9.17) is 4.52 Å². The average Bonchev–Trinajstić information content (AvgIpc) is 3.39. The van der Waals surface area contributed by atoms with Crippen molar-refractivity contribution in [3.05, 3.63) is 17.5 Å². The predicted octanol–water partition coefficient (Wildman–Crippen LogP) is 1.55. The Labute approximate surface area is 189 Å². The highest BCUT2D eigenvalue weighted by Gasteiger charge is 2.55. The van der Waals surface area contributed by atoms with E-state index in [0.717, 1.165) is 57.4 Å². The molecule has 0 aromatic carbocycles. The van der Waals surface area contributed by atoms with E-state index in [-0.39, 0.29) is 29.4 Å². The summed E-state index contributed by atoms with van der Waals surface area (Å²) in [5.41, 5.74) is 0.514. The van der Waals surface area contributed by atoms with Crippen molar-refractivity contribution < 1.29 is 17.7 Å². The number of nitrogens with zero attached hydrogens (tertiary/aromatic N) is 4. The van der Waals surface area contributed by atoms with Gasteiger partial charge in [0, 0.05) is 48.6 Å². The van der Waals surface area contributed by atoms with Crippen molar-refractivity contribution >= 4 is 16.1 Å². The lowest BCUT2D eigenvalue weighted by atomic mass is 9.73. The smallest absolute Gasteiger partial charge is 0.282 e. The maximum Gasteiger partial charge on any atom is 0.282 e. The molecular formula is C22H33N5O4S. The molecule has 4 saturated heterocycles. The van der Waals surface area contributed by atoms with Crippen LogP contribution in [0.15, 0.2) is 10.6 Å². The zero-order chi connectivity index (χ0) is 22.1. The van der Waals surface area contributed by atoms with Gasteiger partial charge in [-0.05, 0) is 71.5 Å². The van der Waals surface area contributed by atoms with E-state index in [9.17, 15) is 13.2 Å². The van der Waals surface area contributed by atoms with Crippen LogP contribution in [-0.4, -0.2) is 84.3 Å². The molecule has 4 aliphatic heterocycles. The first-order valence-corrected chi connectivity index (χ1v) is 13.5. The van der Waals surface area contributed by atoms with E-state index in [1.54, 1.807) is 14.7 Å². The molecule has 1 aliphatic carbocycles. The number of hydrogen-bond donors (Lipinski definition) is 1. The van der Waals surface area contributed by atoms with Gasteiger partial charge in [-0.3, -0.25) is 4.79 Å². The lowest BCUT2D eigenvalue weighted by molar-refractivity contribution is 0.00184. The van der Waals surface area contributed by atoms with E-state index in [1.807, 2.05) is 0 Å². The Morgan fingerprint density at radius 2 is 1.78 bits per heavy atom. The molecule has 1 spiro atoms. The molecule has 32 heavy (non-hydrogen) atoms. The molecule has 0 radical (unpaired) electrons. The fourth-order valence-corrected chi connectivity index (χ4v) is 8.53. The van der Waals surface area contributed by atoms with Gasteiger partial charge in [-0.2, -0.15) is 17.0 Å². The van der Waals surface area contributed by atoms with Crippen molar-refractivity contribution in [2.75, 3.05) is 33.2 Å². The van der Waals surface area contributed by atoms with E-state index < -0.39 is 10.2 Å². The lowest BCUT2D eigenvalue weighted by Gasteiger charge is -2.54. The number of likely N-dealkylation sites (tertiary alicyclic amines) is 1. The van der Waals surface area contributed by atoms with Crippen LogP contribution in [0.2, 0.25) is 0 Å². The second kappa shape index (κ2) is 7.51. The predicted molar refractivity (Wildman–Crippen MR) is 117 cm³/mol. The summed E-state index contributed by atoms with van der Waals surface area (Å²) in [6, 6.07) is 1.67. The summed E-state index contributed by atoms with van der Waals surface area (Å²) in [5, 5.41) is 7.02. The van der Waals surface area contributed by atoms with Gasteiger partial charge in [-0.15, -0.1) is 0 Å². The van der Waals surface area contributed by atoms with E-state index in [2.05, 4.69) is 22.4 Å². The molecule has 176 valence electrons. The van der Waals surface area contributed by atoms with Gasteiger partial charge >= 0.3 is 0 Å². The zero-order valence-electron chi connectivity index (χ0n) is 18.7. The van der Waals surface area contributed by atoms with E-state index in [1.165, 1.54) is 0 Å². The van der Waals surface area contributed by atoms with Gasteiger partial charge in [-0.1, -0.05) is 5.16 Å². The topological polar surface area (TPSA) is 99.0 Å². The van der Waals surface area contributed by atoms with Crippen molar-refractivity contribution in [1.82, 2.24) is 24.0 Å². The number of carbonyl (C=O) groups is 1. The van der Waals surface area contributed by atoms with Crippen LogP contribution >= 0.6 is 0 Å². The third kappa shape index (κ3) is 3.59. The first-order chi connectivity index (χ1) is 15.3. The summed E-state index contributed by atoms with van der Waals surface area (Å²) in [7, 11) is -1.31. The lowest BCUT2D eigenvalue weighted by Crippen LogP contribution is -2.66. The van der Waals surface area contributed by atoms with Crippen molar-refractivity contribution in [3.8, 4) is 0 Å². The van der Waals surface area contributed by atoms with Crippen LogP contribution in [0.25, 0.3) is 0 Å². The Morgan fingerprint density at radius 3 is 2.41 bits per heavy atom. The Kier molecular flexibility index (Phi) is 4.95. The van der Waals surface area contributed by atoms with Gasteiger partial charge in [-0.25, -0.2) is 0 Å². The van der Waals surface area contributed by atoms with Crippen LogP contribution < -0.4 is 5.32 Å². The van der Waals surface area contributed by atoms with Crippen LogP contribution in [0, 0.1) is 5.41 Å². The molecule has 1 saturated carbocycles. The first-order valence-electron chi connectivity index (χ1n) is 12.1. The summed E-state index contributed by atoms with van der Waals surface area (Å²) in [6.07, 6.45) is 7.44. The van der Waals surface area contributed by atoms with Crippen molar-refractivity contribution in [1.29, 1.82) is 0 Å². The Hall–Kier alpha value is -1.49. The normalized spacial score (nSPS) is 33.3. The Balaban J connectivity index is 1.08. The molecule has 1 amide bonds. The Bertz CT molecular complexity index is 976. The number of piperidine rings is 2. The second-order valence-electron chi connectivity index (χ2n) is 10.8. The highest BCUT2D eigenvalue weighted by Crippen LogP contribution is 2.45. The molecule has 5 aliphatic rings. The molecule has 1 aromatic rings. The Morgan fingerprint density at radius 1 is 1.12 bits per heavy atom. The van der Waals surface area contributed by atoms with Crippen LogP contribution in [0.4, 0.5) is 0 Å². The molecule has 1 aromatic heterocycles. The number of carbonyl (C=O) groups excluding carboxylic acids is 1. The summed E-state index contributed by atoms with van der Waals surface area (Å²) >= 11 is 0. The highest BCUT2D eigenvalue weighted by molar-refractivity contribution is 7.86. The SMILES string of the molecule is CN1CCC2(CC1)CN(S(=O)(=O)N1[C@@H]3CC[C@H]1C[C@@H](NC(=O)c1cc(C4CC4)on1)C3)C2. The standard InChI is InChI=1S/C22H33N5O4S/c1-25-8-6-22(7-9-25)13-26(14-22)32(29,30)27-17-4-5-18(27)11-16(10-17)23-21(28)19-12-20(31-24-19)15-2-3-15/h12,15-18H,2-11,13-14H2,1H3,(H,23,28)/t16-,17+,18-. The number of amides is 1. The number of fused-ring (bicyclic) bond motifs is 2. The van der Waals surface area contributed by atoms with Crippen molar-refractivity contribution in [3.63, 3.8) is 0 Å². The molecule has 5 heterocycles. The van der Waals surface area contributed by atoms with Gasteiger partial charge < -0.3 is 14.7 Å². The number of nitrogens with one attached hydrogen (secondary N) is 1. The largest absolute Gasteiger partial charge is 0.360 e. The highest BCUT2D eigenvalue weighted by atomic mass is 32.2. The summed E-state index contributed by atoms with van der Waals surface area (Å²) < 4.78 is 35.7. The monoisotopic (exact) mass is 463 g/mol. The second-order valence-corrected chi connectivity index (χ2v) is 12.7. The van der Waals surface area contributed by atoms with E-state index in [0.29, 0.717) is 37.5 Å². The van der Waals surface area contributed by atoms with Gasteiger partial charge in [0.15, 0.2) is 5.69 Å². The number of hydrogen-bond acceptors (Lipinski definition) is 6. The fraction of sp³-hybridized carbons (Fsp3) is 0.818. The van der Waals surface area contributed by atoms with Crippen LogP contribution in [0.1, 0.15) is 73.5 Å². The van der Waals surface area contributed by atoms with Crippen LogP contribution in [0.5, 0.6) is 0 Å². The molecule has 3 atom stereocenters. The molecule has 0 unspecified atom stereocenters. The van der Waals surface area contributed by atoms with Crippen molar-refractivity contribution in [2.24, 2.45) is 5.41 Å². The third-order valence-electron chi connectivity index (χ3n) is 8.41. The van der Waals surface area contributed by atoms with E-state index >= 15 is 0 Å².